The lowest BCUT2D eigenvalue weighted by Crippen LogP contribution is -2.35. The van der Waals surface area contributed by atoms with Crippen LogP contribution in [0.1, 0.15) is 32.1 Å². The van der Waals surface area contributed by atoms with Crippen molar-refractivity contribution < 1.29 is 17.9 Å². The lowest BCUT2D eigenvalue weighted by molar-refractivity contribution is -0.00690. The fourth-order valence-electron chi connectivity index (χ4n) is 3.22. The van der Waals surface area contributed by atoms with Gasteiger partial charge in [0.2, 0.25) is 10.0 Å². The Bertz CT molecular complexity index is 434. The summed E-state index contributed by atoms with van der Waals surface area (Å²) in [6, 6.07) is 0. The van der Waals surface area contributed by atoms with Crippen LogP contribution in [0.2, 0.25) is 0 Å². The second-order valence-electron chi connectivity index (χ2n) is 6.30. The Kier molecular flexibility index (Phi) is 3.62. The van der Waals surface area contributed by atoms with E-state index in [9.17, 15) is 8.42 Å². The number of nitrogens with zero attached hydrogens (tertiary/aromatic N) is 1. The molecular weight excluding hydrogens is 266 g/mol. The molecule has 1 spiro atoms. The number of ether oxygens (including phenoxy) is 2. The molecule has 0 amide bonds. The van der Waals surface area contributed by atoms with E-state index in [0.29, 0.717) is 19.7 Å². The third-order valence-electron chi connectivity index (χ3n) is 4.72. The van der Waals surface area contributed by atoms with Crippen LogP contribution in [0.4, 0.5) is 0 Å². The topological polar surface area (TPSA) is 55.8 Å². The molecule has 0 aromatic heterocycles. The highest BCUT2D eigenvalue weighted by atomic mass is 32.2. The lowest BCUT2D eigenvalue weighted by Gasteiger charge is -2.26. The van der Waals surface area contributed by atoms with E-state index >= 15 is 0 Å². The number of rotatable bonds is 4. The predicted octanol–water partition coefficient (Wildman–Crippen LogP) is 0.996. The molecule has 0 unspecified atom stereocenters. The van der Waals surface area contributed by atoms with Gasteiger partial charge < -0.3 is 9.47 Å². The molecule has 1 aliphatic carbocycles. The first-order valence-corrected chi connectivity index (χ1v) is 9.02. The Morgan fingerprint density at radius 2 is 2.21 bits per heavy atom. The summed E-state index contributed by atoms with van der Waals surface area (Å²) in [7, 11) is -3.09. The van der Waals surface area contributed by atoms with Crippen LogP contribution in [0.25, 0.3) is 0 Å². The summed E-state index contributed by atoms with van der Waals surface area (Å²) in [5.74, 6) is 0.743. The van der Waals surface area contributed by atoms with Crippen LogP contribution in [-0.2, 0) is 19.5 Å². The summed E-state index contributed by atoms with van der Waals surface area (Å²) in [6.07, 6.45) is 6.98. The van der Waals surface area contributed by atoms with Crippen LogP contribution in [0.3, 0.4) is 0 Å². The first-order valence-electron chi connectivity index (χ1n) is 7.18. The molecule has 0 aromatic rings. The third-order valence-corrected chi connectivity index (χ3v) is 5.97. The summed E-state index contributed by atoms with van der Waals surface area (Å²) in [4.78, 5) is 0. The van der Waals surface area contributed by atoms with Gasteiger partial charge >= 0.3 is 0 Å². The van der Waals surface area contributed by atoms with Crippen molar-refractivity contribution in [1.29, 1.82) is 0 Å². The zero-order chi connectivity index (χ0) is 13.5. The second-order valence-corrected chi connectivity index (χ2v) is 8.28. The van der Waals surface area contributed by atoms with E-state index in [2.05, 4.69) is 0 Å². The molecule has 2 saturated heterocycles. The van der Waals surface area contributed by atoms with Gasteiger partial charge in [-0.25, -0.2) is 8.42 Å². The van der Waals surface area contributed by atoms with Crippen molar-refractivity contribution in [1.82, 2.24) is 4.31 Å². The number of sulfonamides is 1. The van der Waals surface area contributed by atoms with Gasteiger partial charge in [0.15, 0.2) is 0 Å². The molecule has 1 saturated carbocycles. The summed E-state index contributed by atoms with van der Waals surface area (Å²) >= 11 is 0. The van der Waals surface area contributed by atoms with E-state index in [4.69, 9.17) is 9.47 Å². The average molecular weight is 289 g/mol. The molecule has 3 aliphatic rings. The van der Waals surface area contributed by atoms with Crippen molar-refractivity contribution in [2.75, 3.05) is 32.6 Å². The first-order chi connectivity index (χ1) is 8.97. The zero-order valence-electron chi connectivity index (χ0n) is 11.5. The normalized spacial score (nSPS) is 37.0. The molecule has 3 rings (SSSR count). The van der Waals surface area contributed by atoms with Crippen LogP contribution in [0.15, 0.2) is 0 Å². The molecule has 2 aliphatic heterocycles. The quantitative estimate of drug-likeness (QED) is 0.774. The van der Waals surface area contributed by atoms with E-state index in [1.54, 1.807) is 0 Å². The van der Waals surface area contributed by atoms with E-state index < -0.39 is 10.0 Å². The van der Waals surface area contributed by atoms with Gasteiger partial charge in [0.25, 0.3) is 0 Å². The van der Waals surface area contributed by atoms with E-state index in [0.717, 1.165) is 25.4 Å². The van der Waals surface area contributed by atoms with Crippen LogP contribution in [-0.4, -0.2) is 57.0 Å². The van der Waals surface area contributed by atoms with Gasteiger partial charge in [0.05, 0.1) is 24.6 Å². The van der Waals surface area contributed by atoms with Crippen LogP contribution in [0.5, 0.6) is 0 Å². The average Bonchev–Trinajstić information content (AvgIpc) is 2.84. The van der Waals surface area contributed by atoms with Crippen LogP contribution < -0.4 is 0 Å². The Balaban J connectivity index is 1.51. The van der Waals surface area contributed by atoms with Crippen molar-refractivity contribution in [2.45, 2.75) is 43.8 Å². The Labute approximate surface area is 115 Å². The maximum absolute atomic E-state index is 11.6. The molecule has 2 atom stereocenters. The molecule has 2 heterocycles. The molecule has 6 heteroatoms. The molecule has 3 fully saturated rings. The molecule has 19 heavy (non-hydrogen) atoms. The Hall–Kier alpha value is -0.170. The van der Waals surface area contributed by atoms with E-state index in [1.807, 2.05) is 0 Å². The summed E-state index contributed by atoms with van der Waals surface area (Å²) in [5.41, 5.74) is -0.284. The maximum atomic E-state index is 11.6. The Morgan fingerprint density at radius 1 is 1.42 bits per heavy atom. The van der Waals surface area contributed by atoms with Gasteiger partial charge in [0.1, 0.15) is 0 Å². The zero-order valence-corrected chi connectivity index (χ0v) is 12.3. The highest BCUT2D eigenvalue weighted by Gasteiger charge is 2.48. The highest BCUT2D eigenvalue weighted by Crippen LogP contribution is 2.37. The lowest BCUT2D eigenvalue weighted by atomic mass is 9.86. The highest BCUT2D eigenvalue weighted by molar-refractivity contribution is 7.88. The summed E-state index contributed by atoms with van der Waals surface area (Å²) in [5, 5.41) is 0. The molecule has 110 valence electrons. The largest absolute Gasteiger partial charge is 0.375 e. The monoisotopic (exact) mass is 289 g/mol. The van der Waals surface area contributed by atoms with Gasteiger partial charge in [-0.15, -0.1) is 0 Å². The SMILES string of the molecule is CS(=O)(=O)N1CC[C@]2(C[C@@H](OCC3CCC3)CO2)C1. The molecule has 0 bridgehead atoms. The molecule has 0 aromatic carbocycles. The van der Waals surface area contributed by atoms with Crippen molar-refractivity contribution >= 4 is 10.0 Å². The van der Waals surface area contributed by atoms with Crippen molar-refractivity contribution in [3.05, 3.63) is 0 Å². The minimum atomic E-state index is -3.09. The van der Waals surface area contributed by atoms with Gasteiger partial charge in [-0.05, 0) is 25.2 Å². The first kappa shape index (κ1) is 13.8. The number of hydrogen-bond donors (Lipinski definition) is 0. The second kappa shape index (κ2) is 4.98. The third kappa shape index (κ3) is 2.96. The number of hydrogen-bond acceptors (Lipinski definition) is 4. The summed E-state index contributed by atoms with van der Waals surface area (Å²) < 4.78 is 36.5. The maximum Gasteiger partial charge on any atom is 0.211 e. The van der Waals surface area contributed by atoms with Gasteiger partial charge in [-0.1, -0.05) is 6.42 Å². The predicted molar refractivity (Wildman–Crippen MR) is 71.4 cm³/mol. The van der Waals surface area contributed by atoms with Crippen LogP contribution in [0, 0.1) is 5.92 Å². The minimum absolute atomic E-state index is 0.153. The van der Waals surface area contributed by atoms with Crippen molar-refractivity contribution in [3.63, 3.8) is 0 Å². The Morgan fingerprint density at radius 3 is 2.79 bits per heavy atom. The minimum Gasteiger partial charge on any atom is -0.375 e. The molecule has 0 radical (unpaired) electrons. The van der Waals surface area contributed by atoms with Crippen molar-refractivity contribution in [2.24, 2.45) is 5.92 Å². The fourth-order valence-corrected chi connectivity index (χ4v) is 4.11. The molecular formula is C13H23NO4S. The van der Waals surface area contributed by atoms with Crippen molar-refractivity contribution in [3.8, 4) is 0 Å². The smallest absolute Gasteiger partial charge is 0.211 e. The molecule has 0 N–H and O–H groups in total. The fraction of sp³-hybridized carbons (Fsp3) is 1.00. The van der Waals surface area contributed by atoms with Gasteiger partial charge in [-0.3, -0.25) is 0 Å². The molecule has 5 nitrogen and oxygen atoms in total. The summed E-state index contributed by atoms with van der Waals surface area (Å²) in [6.45, 7) is 2.54. The van der Waals surface area contributed by atoms with E-state index in [-0.39, 0.29) is 11.7 Å². The standard InChI is InChI=1S/C13H23NO4S/c1-19(15,16)14-6-5-13(10-14)7-12(9-18-13)17-8-11-3-2-4-11/h11-12H,2-10H2,1H3/t12-,13+/m1/s1. The van der Waals surface area contributed by atoms with Crippen LogP contribution >= 0.6 is 0 Å². The van der Waals surface area contributed by atoms with Gasteiger partial charge in [-0.2, -0.15) is 4.31 Å². The van der Waals surface area contributed by atoms with E-state index in [1.165, 1.54) is 29.8 Å². The van der Waals surface area contributed by atoms with Gasteiger partial charge in [0, 0.05) is 26.1 Å².